The van der Waals surface area contributed by atoms with Crippen molar-refractivity contribution >= 4 is 5.91 Å². The van der Waals surface area contributed by atoms with Gasteiger partial charge in [0.1, 0.15) is 0 Å². The molecule has 1 rings (SSSR count). The van der Waals surface area contributed by atoms with Crippen LogP contribution in [0.1, 0.15) is 33.6 Å². The largest absolute Gasteiger partial charge is 0.372 e. The van der Waals surface area contributed by atoms with Gasteiger partial charge in [0.2, 0.25) is 5.91 Å². The van der Waals surface area contributed by atoms with Crippen LogP contribution in [0.3, 0.4) is 0 Å². The molecule has 1 fully saturated rings. The molecule has 0 radical (unpaired) electrons. The van der Waals surface area contributed by atoms with Gasteiger partial charge in [-0.15, -0.1) is 0 Å². The van der Waals surface area contributed by atoms with Crippen LogP contribution in [-0.4, -0.2) is 42.6 Å². The van der Waals surface area contributed by atoms with Crippen LogP contribution in [0.4, 0.5) is 0 Å². The number of carbonyl (C=O) groups excluding carboxylic acids is 1. The maximum atomic E-state index is 12.0. The van der Waals surface area contributed by atoms with Gasteiger partial charge in [0.25, 0.3) is 0 Å². The maximum Gasteiger partial charge on any atom is 0.223 e. The normalized spacial score (nSPS) is 27.9. The Labute approximate surface area is 98.1 Å². The lowest BCUT2D eigenvalue weighted by Crippen LogP contribution is -2.48. The second-order valence-electron chi connectivity index (χ2n) is 4.77. The summed E-state index contributed by atoms with van der Waals surface area (Å²) < 4.78 is 5.61. The monoisotopic (exact) mass is 228 g/mol. The summed E-state index contributed by atoms with van der Waals surface area (Å²) in [5.74, 6) is 0.542. The van der Waals surface area contributed by atoms with Gasteiger partial charge in [0.15, 0.2) is 0 Å². The molecule has 2 N–H and O–H groups in total. The lowest BCUT2D eigenvalue weighted by molar-refractivity contribution is -0.144. The van der Waals surface area contributed by atoms with Gasteiger partial charge < -0.3 is 15.4 Å². The van der Waals surface area contributed by atoms with Crippen LogP contribution >= 0.6 is 0 Å². The number of rotatable bonds is 4. The standard InChI is InChI=1S/C12H24N2O2/c1-4-11(6-13)5-12(15)14-7-9(2)16-10(3)8-14/h9-11H,4-8,13H2,1-3H3. The Morgan fingerprint density at radius 3 is 2.44 bits per heavy atom. The van der Waals surface area contributed by atoms with Crippen LogP contribution in [0, 0.1) is 5.92 Å². The van der Waals surface area contributed by atoms with E-state index in [1.165, 1.54) is 0 Å². The topological polar surface area (TPSA) is 55.6 Å². The van der Waals surface area contributed by atoms with E-state index < -0.39 is 0 Å². The number of nitrogens with two attached hydrogens (primary N) is 1. The second kappa shape index (κ2) is 6.21. The van der Waals surface area contributed by atoms with Gasteiger partial charge in [-0.1, -0.05) is 13.3 Å². The molecule has 0 spiro atoms. The first-order chi connectivity index (χ1) is 7.56. The number of ether oxygens (including phenoxy) is 1. The van der Waals surface area contributed by atoms with Crippen molar-refractivity contribution in [3.8, 4) is 0 Å². The van der Waals surface area contributed by atoms with Crippen LogP contribution in [0.2, 0.25) is 0 Å². The fraction of sp³-hybridized carbons (Fsp3) is 0.917. The van der Waals surface area contributed by atoms with Crippen molar-refractivity contribution in [2.24, 2.45) is 11.7 Å². The van der Waals surface area contributed by atoms with E-state index in [0.29, 0.717) is 32.0 Å². The Balaban J connectivity index is 2.46. The highest BCUT2D eigenvalue weighted by molar-refractivity contribution is 5.76. The van der Waals surface area contributed by atoms with Crippen LogP contribution in [-0.2, 0) is 9.53 Å². The molecule has 1 amide bonds. The molecule has 3 unspecified atom stereocenters. The molecule has 3 atom stereocenters. The number of hydrogen-bond donors (Lipinski definition) is 1. The number of morpholine rings is 1. The van der Waals surface area contributed by atoms with Crippen molar-refractivity contribution < 1.29 is 9.53 Å². The summed E-state index contributed by atoms with van der Waals surface area (Å²) in [6, 6.07) is 0. The Morgan fingerprint density at radius 2 is 2.00 bits per heavy atom. The van der Waals surface area contributed by atoms with Gasteiger partial charge in [-0.25, -0.2) is 0 Å². The van der Waals surface area contributed by atoms with Gasteiger partial charge in [-0.3, -0.25) is 4.79 Å². The molecule has 1 aliphatic heterocycles. The van der Waals surface area contributed by atoms with Crippen LogP contribution < -0.4 is 5.73 Å². The zero-order valence-corrected chi connectivity index (χ0v) is 10.6. The number of amides is 1. The second-order valence-corrected chi connectivity index (χ2v) is 4.77. The van der Waals surface area contributed by atoms with E-state index >= 15 is 0 Å². The van der Waals surface area contributed by atoms with Gasteiger partial charge in [0.05, 0.1) is 12.2 Å². The summed E-state index contributed by atoms with van der Waals surface area (Å²) in [5.41, 5.74) is 5.62. The van der Waals surface area contributed by atoms with Gasteiger partial charge in [0, 0.05) is 19.5 Å². The predicted molar refractivity (Wildman–Crippen MR) is 64.0 cm³/mol. The predicted octanol–water partition coefficient (Wildman–Crippen LogP) is 0.997. The third-order valence-electron chi connectivity index (χ3n) is 3.15. The summed E-state index contributed by atoms with van der Waals surface area (Å²) in [7, 11) is 0. The van der Waals surface area contributed by atoms with Crippen molar-refractivity contribution in [1.29, 1.82) is 0 Å². The summed E-state index contributed by atoms with van der Waals surface area (Å²) in [5, 5.41) is 0. The van der Waals surface area contributed by atoms with E-state index in [2.05, 4.69) is 6.92 Å². The molecule has 4 heteroatoms. The number of nitrogens with zero attached hydrogens (tertiary/aromatic N) is 1. The highest BCUT2D eigenvalue weighted by atomic mass is 16.5. The minimum Gasteiger partial charge on any atom is -0.372 e. The summed E-state index contributed by atoms with van der Waals surface area (Å²) in [6.45, 7) is 8.12. The number of carbonyl (C=O) groups is 1. The molecule has 0 saturated carbocycles. The molecule has 0 aromatic carbocycles. The lowest BCUT2D eigenvalue weighted by atomic mass is 10.0. The Kier molecular flexibility index (Phi) is 5.22. The third kappa shape index (κ3) is 3.76. The molecule has 0 aromatic heterocycles. The summed E-state index contributed by atoms with van der Waals surface area (Å²) in [6.07, 6.45) is 1.83. The fourth-order valence-corrected chi connectivity index (χ4v) is 2.15. The molecule has 4 nitrogen and oxygen atoms in total. The quantitative estimate of drug-likeness (QED) is 0.781. The van der Waals surface area contributed by atoms with E-state index in [4.69, 9.17) is 10.5 Å². The molecule has 94 valence electrons. The van der Waals surface area contributed by atoms with Gasteiger partial charge >= 0.3 is 0 Å². The maximum absolute atomic E-state index is 12.0. The third-order valence-corrected chi connectivity index (χ3v) is 3.15. The van der Waals surface area contributed by atoms with E-state index in [1.807, 2.05) is 18.7 Å². The van der Waals surface area contributed by atoms with Crippen LogP contribution in [0.15, 0.2) is 0 Å². The van der Waals surface area contributed by atoms with Gasteiger partial charge in [-0.05, 0) is 26.3 Å². The van der Waals surface area contributed by atoms with Crippen molar-refractivity contribution in [3.63, 3.8) is 0 Å². The molecular weight excluding hydrogens is 204 g/mol. The zero-order valence-electron chi connectivity index (χ0n) is 10.6. The minimum atomic E-state index is 0.144. The first-order valence-electron chi connectivity index (χ1n) is 6.20. The highest BCUT2D eigenvalue weighted by Crippen LogP contribution is 2.15. The first-order valence-corrected chi connectivity index (χ1v) is 6.20. The van der Waals surface area contributed by atoms with Crippen molar-refractivity contribution in [2.45, 2.75) is 45.8 Å². The molecule has 1 heterocycles. The first kappa shape index (κ1) is 13.5. The number of hydrogen-bond acceptors (Lipinski definition) is 3. The van der Waals surface area contributed by atoms with E-state index in [1.54, 1.807) is 0 Å². The zero-order chi connectivity index (χ0) is 12.1. The summed E-state index contributed by atoms with van der Waals surface area (Å²) in [4.78, 5) is 13.9. The summed E-state index contributed by atoms with van der Waals surface area (Å²) >= 11 is 0. The Morgan fingerprint density at radius 1 is 1.44 bits per heavy atom. The minimum absolute atomic E-state index is 0.144. The molecule has 16 heavy (non-hydrogen) atoms. The smallest absolute Gasteiger partial charge is 0.223 e. The SMILES string of the molecule is CCC(CN)CC(=O)N1CC(C)OC(C)C1. The fourth-order valence-electron chi connectivity index (χ4n) is 2.15. The van der Waals surface area contributed by atoms with Crippen LogP contribution in [0.25, 0.3) is 0 Å². The molecule has 0 bridgehead atoms. The average molecular weight is 228 g/mol. The average Bonchev–Trinajstić information content (AvgIpc) is 2.24. The van der Waals surface area contributed by atoms with Gasteiger partial charge in [-0.2, -0.15) is 0 Å². The molecular formula is C12H24N2O2. The molecule has 0 aliphatic carbocycles. The Bertz CT molecular complexity index is 219. The molecule has 0 aromatic rings. The highest BCUT2D eigenvalue weighted by Gasteiger charge is 2.26. The van der Waals surface area contributed by atoms with E-state index in [0.717, 1.165) is 6.42 Å². The molecule has 1 aliphatic rings. The van der Waals surface area contributed by atoms with Crippen molar-refractivity contribution in [2.75, 3.05) is 19.6 Å². The van der Waals surface area contributed by atoms with E-state index in [9.17, 15) is 4.79 Å². The van der Waals surface area contributed by atoms with Crippen LogP contribution in [0.5, 0.6) is 0 Å². The molecule has 1 saturated heterocycles. The lowest BCUT2D eigenvalue weighted by Gasteiger charge is -2.36. The van der Waals surface area contributed by atoms with Crippen molar-refractivity contribution in [1.82, 2.24) is 4.90 Å². The van der Waals surface area contributed by atoms with Crippen molar-refractivity contribution in [3.05, 3.63) is 0 Å². The Hall–Kier alpha value is -0.610. The van der Waals surface area contributed by atoms with E-state index in [-0.39, 0.29) is 18.1 Å².